The number of fused-ring (bicyclic) bond motifs is 1. The van der Waals surface area contributed by atoms with E-state index in [1.165, 1.54) is 18.2 Å². The van der Waals surface area contributed by atoms with Crippen molar-refractivity contribution in [2.24, 2.45) is 4.99 Å². The van der Waals surface area contributed by atoms with Gasteiger partial charge in [0.2, 0.25) is 0 Å². The number of aliphatic imine (C=N–C) groups is 1. The van der Waals surface area contributed by atoms with Gasteiger partial charge in [-0.2, -0.15) is 0 Å². The lowest BCUT2D eigenvalue weighted by Gasteiger charge is -2.17. The molecule has 1 aliphatic rings. The molecule has 0 unspecified atom stereocenters. The van der Waals surface area contributed by atoms with Crippen molar-refractivity contribution in [3.05, 3.63) is 93.8 Å². The summed E-state index contributed by atoms with van der Waals surface area (Å²) in [5.74, 6) is -0.306. The van der Waals surface area contributed by atoms with Gasteiger partial charge in [0.1, 0.15) is 5.82 Å². The van der Waals surface area contributed by atoms with Crippen LogP contribution in [0, 0.1) is 12.7 Å². The lowest BCUT2D eigenvalue weighted by Crippen LogP contribution is -2.16. The second-order valence-corrected chi connectivity index (χ2v) is 8.89. The summed E-state index contributed by atoms with van der Waals surface area (Å²) >= 11 is 6.05. The van der Waals surface area contributed by atoms with E-state index in [-0.39, 0.29) is 10.7 Å². The number of anilines is 1. The Morgan fingerprint density at radius 2 is 1.83 bits per heavy atom. The molecular weight excluding hydrogens is 411 g/mol. The average Bonchev–Trinajstić information content (AvgIpc) is 2.70. The molecule has 3 aromatic carbocycles. The van der Waals surface area contributed by atoms with Crippen LogP contribution in [0.3, 0.4) is 0 Å². The second kappa shape index (κ2) is 7.61. The lowest BCUT2D eigenvalue weighted by atomic mass is 9.93. The Labute approximate surface area is 174 Å². The van der Waals surface area contributed by atoms with Crippen LogP contribution in [-0.2, 0) is 16.4 Å². The molecule has 148 valence electrons. The van der Waals surface area contributed by atoms with E-state index in [0.717, 1.165) is 23.1 Å². The van der Waals surface area contributed by atoms with Gasteiger partial charge in [-0.05, 0) is 60.9 Å². The Morgan fingerprint density at radius 3 is 2.59 bits per heavy atom. The summed E-state index contributed by atoms with van der Waals surface area (Å²) in [6.45, 7) is 2.30. The van der Waals surface area contributed by atoms with E-state index in [1.807, 2.05) is 0 Å². The van der Waals surface area contributed by atoms with Crippen molar-refractivity contribution in [3.63, 3.8) is 0 Å². The van der Waals surface area contributed by atoms with E-state index >= 15 is 0 Å². The zero-order valence-electron chi connectivity index (χ0n) is 15.6. The quantitative estimate of drug-likeness (QED) is 0.637. The van der Waals surface area contributed by atoms with E-state index in [4.69, 9.17) is 11.6 Å². The Balaban J connectivity index is 1.62. The molecule has 7 heteroatoms. The molecule has 0 atom stereocenters. The molecule has 0 aliphatic carbocycles. The van der Waals surface area contributed by atoms with Crippen LogP contribution in [0.2, 0.25) is 5.02 Å². The molecule has 0 saturated heterocycles. The highest BCUT2D eigenvalue weighted by molar-refractivity contribution is 7.92. The summed E-state index contributed by atoms with van der Waals surface area (Å²) in [5, 5.41) is 0.393. The minimum absolute atomic E-state index is 0.134. The van der Waals surface area contributed by atoms with Crippen LogP contribution < -0.4 is 4.72 Å². The SMILES string of the molecule is Cc1c(Cl)cccc1S(=O)(=O)Nc1ccc(C2=NCCc3ccc(F)cc32)cc1. The molecule has 0 aromatic heterocycles. The third-order valence-corrected chi connectivity index (χ3v) is 6.83. The molecule has 0 saturated carbocycles. The number of rotatable bonds is 4. The highest BCUT2D eigenvalue weighted by Gasteiger charge is 2.19. The average molecular weight is 429 g/mol. The zero-order valence-corrected chi connectivity index (χ0v) is 17.2. The van der Waals surface area contributed by atoms with Crippen molar-refractivity contribution in [3.8, 4) is 0 Å². The number of halogens is 2. The Bertz CT molecular complexity index is 1220. The standard InChI is InChI=1S/C22H18ClFN2O2S/c1-14-20(23)3-2-4-21(14)29(27,28)26-18-9-6-16(7-10-18)22-19-13-17(24)8-5-15(19)11-12-25-22/h2-10,13,26H,11-12H2,1H3. The minimum Gasteiger partial charge on any atom is -0.284 e. The van der Waals surface area contributed by atoms with E-state index < -0.39 is 10.0 Å². The van der Waals surface area contributed by atoms with Crippen molar-refractivity contribution >= 4 is 33.0 Å². The fourth-order valence-electron chi connectivity index (χ4n) is 3.39. The molecule has 1 heterocycles. The molecule has 1 aliphatic heterocycles. The van der Waals surface area contributed by atoms with E-state index in [0.29, 0.717) is 28.5 Å². The summed E-state index contributed by atoms with van der Waals surface area (Å²) in [6.07, 6.45) is 0.774. The first-order chi connectivity index (χ1) is 13.8. The lowest BCUT2D eigenvalue weighted by molar-refractivity contribution is 0.600. The van der Waals surface area contributed by atoms with Crippen LogP contribution in [0.5, 0.6) is 0 Å². The third kappa shape index (κ3) is 3.91. The highest BCUT2D eigenvalue weighted by atomic mass is 35.5. The molecule has 0 bridgehead atoms. The maximum absolute atomic E-state index is 13.7. The van der Waals surface area contributed by atoms with Gasteiger partial charge in [-0.1, -0.05) is 35.9 Å². The Kier molecular flexibility index (Phi) is 5.15. The zero-order chi connectivity index (χ0) is 20.6. The smallest absolute Gasteiger partial charge is 0.262 e. The van der Waals surface area contributed by atoms with E-state index in [2.05, 4.69) is 9.71 Å². The Hall–Kier alpha value is -2.70. The van der Waals surface area contributed by atoms with Gasteiger partial charge in [0.05, 0.1) is 10.6 Å². The fourth-order valence-corrected chi connectivity index (χ4v) is 4.95. The molecule has 4 rings (SSSR count). The van der Waals surface area contributed by atoms with Crippen LogP contribution in [0.4, 0.5) is 10.1 Å². The first-order valence-electron chi connectivity index (χ1n) is 9.07. The number of nitrogens with zero attached hydrogens (tertiary/aromatic N) is 1. The largest absolute Gasteiger partial charge is 0.284 e. The predicted molar refractivity (Wildman–Crippen MR) is 114 cm³/mol. The molecule has 3 aromatic rings. The van der Waals surface area contributed by atoms with Gasteiger partial charge < -0.3 is 0 Å². The summed E-state index contributed by atoms with van der Waals surface area (Å²) < 4.78 is 41.7. The molecule has 1 N–H and O–H groups in total. The highest BCUT2D eigenvalue weighted by Crippen LogP contribution is 2.26. The van der Waals surface area contributed by atoms with E-state index in [1.54, 1.807) is 49.4 Å². The van der Waals surface area contributed by atoms with Crippen molar-refractivity contribution in [1.82, 2.24) is 0 Å². The summed E-state index contributed by atoms with van der Waals surface area (Å²) in [6, 6.07) is 16.4. The van der Waals surface area contributed by atoms with Crippen molar-refractivity contribution in [1.29, 1.82) is 0 Å². The maximum atomic E-state index is 13.7. The minimum atomic E-state index is -3.77. The molecule has 29 heavy (non-hydrogen) atoms. The first-order valence-corrected chi connectivity index (χ1v) is 10.9. The van der Waals surface area contributed by atoms with Gasteiger partial charge in [-0.25, -0.2) is 12.8 Å². The maximum Gasteiger partial charge on any atom is 0.262 e. The van der Waals surface area contributed by atoms with Gasteiger partial charge in [0.25, 0.3) is 10.0 Å². The van der Waals surface area contributed by atoms with Gasteiger partial charge in [-0.15, -0.1) is 0 Å². The van der Waals surface area contributed by atoms with Crippen LogP contribution in [0.25, 0.3) is 0 Å². The second-order valence-electron chi connectivity index (χ2n) is 6.83. The predicted octanol–water partition coefficient (Wildman–Crippen LogP) is 4.98. The summed E-state index contributed by atoms with van der Waals surface area (Å²) in [7, 11) is -3.77. The van der Waals surface area contributed by atoms with Gasteiger partial charge in [0.15, 0.2) is 0 Å². The molecule has 0 spiro atoms. The van der Waals surface area contributed by atoms with Crippen molar-refractivity contribution in [2.75, 3.05) is 11.3 Å². The number of sulfonamides is 1. The topological polar surface area (TPSA) is 58.5 Å². The van der Waals surface area contributed by atoms with Crippen molar-refractivity contribution < 1.29 is 12.8 Å². The van der Waals surface area contributed by atoms with E-state index in [9.17, 15) is 12.8 Å². The number of benzene rings is 3. The molecule has 0 fully saturated rings. The molecular formula is C22H18ClFN2O2S. The number of hydrogen-bond donors (Lipinski definition) is 1. The Morgan fingerprint density at radius 1 is 1.07 bits per heavy atom. The van der Waals surface area contributed by atoms with Crippen LogP contribution in [0.15, 0.2) is 70.6 Å². The van der Waals surface area contributed by atoms with Crippen LogP contribution in [0.1, 0.15) is 22.3 Å². The molecule has 4 nitrogen and oxygen atoms in total. The fraction of sp³-hybridized carbons (Fsp3) is 0.136. The summed E-state index contributed by atoms with van der Waals surface area (Å²) in [5.41, 5.74) is 4.26. The first kappa shape index (κ1) is 19.6. The number of hydrogen-bond acceptors (Lipinski definition) is 3. The van der Waals surface area contributed by atoms with Crippen LogP contribution in [-0.4, -0.2) is 20.7 Å². The van der Waals surface area contributed by atoms with Gasteiger partial charge in [0, 0.05) is 28.4 Å². The van der Waals surface area contributed by atoms with Crippen LogP contribution >= 0.6 is 11.6 Å². The normalized spacial score (nSPS) is 13.6. The van der Waals surface area contributed by atoms with Gasteiger partial charge in [-0.3, -0.25) is 9.71 Å². The monoisotopic (exact) mass is 428 g/mol. The molecule has 0 amide bonds. The summed E-state index contributed by atoms with van der Waals surface area (Å²) in [4.78, 5) is 4.69. The third-order valence-electron chi connectivity index (χ3n) is 4.90. The van der Waals surface area contributed by atoms with Gasteiger partial charge >= 0.3 is 0 Å². The molecule has 0 radical (unpaired) electrons. The van der Waals surface area contributed by atoms with Crippen molar-refractivity contribution in [2.45, 2.75) is 18.2 Å². The number of nitrogens with one attached hydrogen (secondary N) is 1.